The standard InChI is InChI=1S/C16H18N2O2/c1-3-6-18-16(19)14(10-17)9-12-4-5-15-13(8-12)7-11(2)20-15/h4-5,8-9,11H,3,6-7H2,1-2H3,(H,18,19)/b14-9+. The third-order valence-electron chi connectivity index (χ3n) is 3.13. The Morgan fingerprint density at radius 1 is 1.60 bits per heavy atom. The summed E-state index contributed by atoms with van der Waals surface area (Å²) in [5, 5.41) is 11.8. The number of carbonyl (C=O) groups is 1. The van der Waals surface area contributed by atoms with E-state index in [2.05, 4.69) is 5.32 Å². The minimum atomic E-state index is -0.320. The average Bonchev–Trinajstić information content (AvgIpc) is 2.81. The van der Waals surface area contributed by atoms with E-state index in [0.29, 0.717) is 6.54 Å². The lowest BCUT2D eigenvalue weighted by Gasteiger charge is -2.03. The van der Waals surface area contributed by atoms with Crippen molar-refractivity contribution in [3.05, 3.63) is 34.9 Å². The van der Waals surface area contributed by atoms with Gasteiger partial charge in [-0.3, -0.25) is 4.79 Å². The SMILES string of the molecule is CCCNC(=O)/C(C#N)=C/c1ccc2c(c1)CC(C)O2. The Hall–Kier alpha value is -2.28. The molecule has 0 radical (unpaired) electrons. The van der Waals surface area contributed by atoms with E-state index >= 15 is 0 Å². The zero-order valence-corrected chi connectivity index (χ0v) is 11.8. The van der Waals surface area contributed by atoms with Crippen LogP contribution < -0.4 is 10.1 Å². The van der Waals surface area contributed by atoms with Crippen molar-refractivity contribution in [2.24, 2.45) is 0 Å². The fraction of sp³-hybridized carbons (Fsp3) is 0.375. The minimum Gasteiger partial charge on any atom is -0.490 e. The highest BCUT2D eigenvalue weighted by atomic mass is 16.5. The van der Waals surface area contributed by atoms with Crippen molar-refractivity contribution in [3.8, 4) is 11.8 Å². The van der Waals surface area contributed by atoms with Crippen molar-refractivity contribution in [1.29, 1.82) is 5.26 Å². The molecule has 1 heterocycles. The first-order valence-electron chi connectivity index (χ1n) is 6.83. The molecule has 1 unspecified atom stereocenters. The number of hydrogen-bond acceptors (Lipinski definition) is 3. The summed E-state index contributed by atoms with van der Waals surface area (Å²) in [4.78, 5) is 11.8. The number of hydrogen-bond donors (Lipinski definition) is 1. The normalized spacial score (nSPS) is 17.1. The van der Waals surface area contributed by atoms with Gasteiger partial charge in [-0.05, 0) is 42.7 Å². The molecule has 1 amide bonds. The first-order valence-corrected chi connectivity index (χ1v) is 6.83. The summed E-state index contributed by atoms with van der Waals surface area (Å²) < 4.78 is 5.63. The van der Waals surface area contributed by atoms with Gasteiger partial charge in [-0.25, -0.2) is 0 Å². The minimum absolute atomic E-state index is 0.130. The highest BCUT2D eigenvalue weighted by Crippen LogP contribution is 2.29. The lowest BCUT2D eigenvalue weighted by atomic mass is 10.0. The molecule has 1 aliphatic rings. The van der Waals surface area contributed by atoms with Crippen molar-refractivity contribution in [3.63, 3.8) is 0 Å². The van der Waals surface area contributed by atoms with Gasteiger partial charge in [0.2, 0.25) is 0 Å². The molecule has 0 bridgehead atoms. The summed E-state index contributed by atoms with van der Waals surface area (Å²) in [6.07, 6.45) is 3.51. The summed E-state index contributed by atoms with van der Waals surface area (Å²) in [5.74, 6) is 0.572. The van der Waals surface area contributed by atoms with Crippen LogP contribution in [0.25, 0.3) is 6.08 Å². The van der Waals surface area contributed by atoms with Crippen LogP contribution in [0.3, 0.4) is 0 Å². The van der Waals surface area contributed by atoms with Gasteiger partial charge in [-0.15, -0.1) is 0 Å². The predicted molar refractivity (Wildman–Crippen MR) is 77.1 cm³/mol. The van der Waals surface area contributed by atoms with Gasteiger partial charge in [0.15, 0.2) is 0 Å². The lowest BCUT2D eigenvalue weighted by Crippen LogP contribution is -2.25. The first-order chi connectivity index (χ1) is 9.63. The molecule has 104 valence electrons. The van der Waals surface area contributed by atoms with Crippen LogP contribution in [0.1, 0.15) is 31.4 Å². The molecule has 20 heavy (non-hydrogen) atoms. The third kappa shape index (κ3) is 3.18. The molecule has 1 aromatic rings. The zero-order valence-electron chi connectivity index (χ0n) is 11.8. The molecule has 0 aliphatic carbocycles. The highest BCUT2D eigenvalue weighted by Gasteiger charge is 2.18. The maximum Gasteiger partial charge on any atom is 0.261 e. The smallest absolute Gasteiger partial charge is 0.261 e. The second kappa shape index (κ2) is 6.25. The van der Waals surface area contributed by atoms with Gasteiger partial charge in [-0.2, -0.15) is 5.26 Å². The quantitative estimate of drug-likeness (QED) is 0.675. The number of benzene rings is 1. The number of ether oxygens (including phenoxy) is 1. The Bertz CT molecular complexity index is 585. The van der Waals surface area contributed by atoms with Crippen molar-refractivity contribution < 1.29 is 9.53 Å². The van der Waals surface area contributed by atoms with E-state index < -0.39 is 0 Å². The van der Waals surface area contributed by atoms with E-state index in [1.165, 1.54) is 0 Å². The van der Waals surface area contributed by atoms with Crippen LogP contribution in [-0.2, 0) is 11.2 Å². The van der Waals surface area contributed by atoms with Gasteiger partial charge in [0, 0.05) is 13.0 Å². The van der Waals surface area contributed by atoms with Crippen LogP contribution in [0.2, 0.25) is 0 Å². The Morgan fingerprint density at radius 3 is 3.10 bits per heavy atom. The molecule has 1 aliphatic heterocycles. The Labute approximate surface area is 119 Å². The number of fused-ring (bicyclic) bond motifs is 1. The second-order valence-electron chi connectivity index (χ2n) is 4.93. The maximum atomic E-state index is 11.8. The molecule has 1 atom stereocenters. The van der Waals surface area contributed by atoms with E-state index in [1.807, 2.05) is 38.1 Å². The molecule has 0 saturated heterocycles. The van der Waals surface area contributed by atoms with E-state index in [4.69, 9.17) is 10.00 Å². The van der Waals surface area contributed by atoms with Crippen LogP contribution in [0.4, 0.5) is 0 Å². The summed E-state index contributed by atoms with van der Waals surface area (Å²) >= 11 is 0. The van der Waals surface area contributed by atoms with E-state index in [1.54, 1.807) is 6.08 Å². The molecule has 1 aromatic carbocycles. The van der Waals surface area contributed by atoms with Crippen LogP contribution >= 0.6 is 0 Å². The number of amides is 1. The van der Waals surface area contributed by atoms with Gasteiger partial charge in [0.25, 0.3) is 5.91 Å². The summed E-state index contributed by atoms with van der Waals surface area (Å²) in [6, 6.07) is 7.68. The van der Waals surface area contributed by atoms with Crippen LogP contribution in [-0.4, -0.2) is 18.6 Å². The Morgan fingerprint density at radius 2 is 2.40 bits per heavy atom. The number of nitrogens with one attached hydrogen (secondary N) is 1. The highest BCUT2D eigenvalue weighted by molar-refractivity contribution is 6.01. The monoisotopic (exact) mass is 270 g/mol. The van der Waals surface area contributed by atoms with Gasteiger partial charge >= 0.3 is 0 Å². The van der Waals surface area contributed by atoms with E-state index in [9.17, 15) is 4.79 Å². The molecule has 0 spiro atoms. The summed E-state index contributed by atoms with van der Waals surface area (Å²) in [5.41, 5.74) is 2.10. The molecular formula is C16H18N2O2. The lowest BCUT2D eigenvalue weighted by molar-refractivity contribution is -0.117. The molecular weight excluding hydrogens is 252 g/mol. The Kier molecular flexibility index (Phi) is 4.41. The second-order valence-corrected chi connectivity index (χ2v) is 4.93. The van der Waals surface area contributed by atoms with Crippen molar-refractivity contribution in [2.75, 3.05) is 6.54 Å². The molecule has 1 N–H and O–H groups in total. The van der Waals surface area contributed by atoms with Gasteiger partial charge < -0.3 is 10.1 Å². The molecule has 4 nitrogen and oxygen atoms in total. The topological polar surface area (TPSA) is 62.1 Å². The fourth-order valence-electron chi connectivity index (χ4n) is 2.18. The van der Waals surface area contributed by atoms with Crippen molar-refractivity contribution in [1.82, 2.24) is 5.32 Å². The van der Waals surface area contributed by atoms with Crippen LogP contribution in [0.5, 0.6) is 5.75 Å². The number of rotatable bonds is 4. The maximum absolute atomic E-state index is 11.8. The molecule has 0 aromatic heterocycles. The van der Waals surface area contributed by atoms with Gasteiger partial charge in [-0.1, -0.05) is 13.0 Å². The molecule has 0 fully saturated rings. The van der Waals surface area contributed by atoms with Crippen LogP contribution in [0, 0.1) is 11.3 Å². The van der Waals surface area contributed by atoms with Gasteiger partial charge in [0.1, 0.15) is 23.5 Å². The van der Waals surface area contributed by atoms with E-state index in [-0.39, 0.29) is 17.6 Å². The first kappa shape index (κ1) is 14.1. The summed E-state index contributed by atoms with van der Waals surface area (Å²) in [7, 11) is 0. The number of nitrogens with zero attached hydrogens (tertiary/aromatic N) is 1. The third-order valence-corrected chi connectivity index (χ3v) is 3.13. The van der Waals surface area contributed by atoms with Crippen molar-refractivity contribution in [2.45, 2.75) is 32.8 Å². The number of carbonyl (C=O) groups excluding carboxylic acids is 1. The molecule has 4 heteroatoms. The summed E-state index contributed by atoms with van der Waals surface area (Å²) in [6.45, 7) is 4.57. The van der Waals surface area contributed by atoms with Gasteiger partial charge in [0.05, 0.1) is 0 Å². The van der Waals surface area contributed by atoms with Crippen LogP contribution in [0.15, 0.2) is 23.8 Å². The predicted octanol–water partition coefficient (Wildman–Crippen LogP) is 2.44. The molecule has 0 saturated carbocycles. The Balaban J connectivity index is 2.19. The van der Waals surface area contributed by atoms with E-state index in [0.717, 1.165) is 29.7 Å². The zero-order chi connectivity index (χ0) is 14.5. The van der Waals surface area contributed by atoms with Crippen molar-refractivity contribution >= 4 is 12.0 Å². The fourth-order valence-corrected chi connectivity index (χ4v) is 2.18. The average molecular weight is 270 g/mol. The molecule has 2 rings (SSSR count). The largest absolute Gasteiger partial charge is 0.490 e. The number of nitriles is 1.